The molecule has 0 aromatic heterocycles. The summed E-state index contributed by atoms with van der Waals surface area (Å²) in [7, 11) is 0. The predicted molar refractivity (Wildman–Crippen MR) is 110 cm³/mol. The molecule has 2 unspecified atom stereocenters. The zero-order chi connectivity index (χ0) is 19.7. The maximum atomic E-state index is 13.1. The first kappa shape index (κ1) is 19.1. The number of nitrogens with two attached hydrogens (primary N) is 1. The van der Waals surface area contributed by atoms with Crippen LogP contribution in [0, 0.1) is 0 Å². The van der Waals surface area contributed by atoms with Gasteiger partial charge in [0.15, 0.2) is 6.10 Å². The minimum Gasteiger partial charge on any atom is -0.449 e. The predicted octanol–water partition coefficient (Wildman–Crippen LogP) is 3.05. The first-order valence-corrected chi connectivity index (χ1v) is 10.3. The monoisotopic (exact) mass is 414 g/mol. The van der Waals surface area contributed by atoms with Crippen LogP contribution >= 0.6 is 23.4 Å². The molecule has 1 amide bonds. The number of halogens is 1. The topological polar surface area (TPSA) is 72.6 Å². The second-order valence-electron chi connectivity index (χ2n) is 6.67. The molecule has 0 radical (unpaired) electrons. The first-order chi connectivity index (χ1) is 13.6. The number of esters is 1. The van der Waals surface area contributed by atoms with Crippen molar-refractivity contribution in [2.75, 3.05) is 12.4 Å². The van der Waals surface area contributed by atoms with Gasteiger partial charge in [0.25, 0.3) is 0 Å². The van der Waals surface area contributed by atoms with E-state index < -0.39 is 18.1 Å². The lowest BCUT2D eigenvalue weighted by atomic mass is 10.0. The first-order valence-electron chi connectivity index (χ1n) is 8.91. The molecule has 2 aromatic rings. The number of fused-ring (bicyclic) bond motifs is 1. The summed E-state index contributed by atoms with van der Waals surface area (Å²) in [6.07, 6.45) is -0.533. The van der Waals surface area contributed by atoms with Gasteiger partial charge >= 0.3 is 5.97 Å². The third-order valence-electron chi connectivity index (χ3n) is 4.88. The number of thioether (sulfide) groups is 1. The highest BCUT2D eigenvalue weighted by Gasteiger charge is 2.49. The van der Waals surface area contributed by atoms with Gasteiger partial charge in [-0.3, -0.25) is 4.79 Å². The van der Waals surface area contributed by atoms with Gasteiger partial charge in [0.1, 0.15) is 11.4 Å². The maximum absolute atomic E-state index is 13.1. The van der Waals surface area contributed by atoms with Crippen molar-refractivity contribution in [1.82, 2.24) is 4.90 Å². The standard InChI is InChI=1S/C21H19ClN2O3S/c22-11-15-12-24-19(25)16(23)20(24)28-18(15)21(26)27-17(13-7-3-1-4-8-13)14-9-5-2-6-10-14/h1-10,16-17,20H,11-12,23H2. The molecule has 28 heavy (non-hydrogen) atoms. The van der Waals surface area contributed by atoms with Gasteiger partial charge in [-0.25, -0.2) is 4.79 Å². The molecule has 2 atom stereocenters. The van der Waals surface area contributed by atoms with E-state index in [4.69, 9.17) is 22.1 Å². The average molecular weight is 415 g/mol. The Morgan fingerprint density at radius 1 is 1.14 bits per heavy atom. The Balaban J connectivity index is 1.62. The quantitative estimate of drug-likeness (QED) is 0.462. The molecule has 2 N–H and O–H groups in total. The molecule has 2 heterocycles. The van der Waals surface area contributed by atoms with E-state index in [0.29, 0.717) is 17.0 Å². The molecule has 7 heteroatoms. The highest BCUT2D eigenvalue weighted by Crippen LogP contribution is 2.42. The highest BCUT2D eigenvalue weighted by molar-refractivity contribution is 8.04. The molecule has 5 nitrogen and oxygen atoms in total. The van der Waals surface area contributed by atoms with E-state index in [1.54, 1.807) is 4.90 Å². The van der Waals surface area contributed by atoms with Crippen LogP contribution in [-0.2, 0) is 14.3 Å². The molecule has 2 aliphatic heterocycles. The van der Waals surface area contributed by atoms with Crippen molar-refractivity contribution in [2.45, 2.75) is 17.5 Å². The Morgan fingerprint density at radius 3 is 2.25 bits per heavy atom. The summed E-state index contributed by atoms with van der Waals surface area (Å²) < 4.78 is 5.94. The molecule has 0 saturated carbocycles. The second-order valence-corrected chi connectivity index (χ2v) is 8.07. The number of carbonyl (C=O) groups excluding carboxylic acids is 2. The molecule has 1 saturated heterocycles. The van der Waals surface area contributed by atoms with Crippen LogP contribution in [0.4, 0.5) is 0 Å². The number of amides is 1. The minimum absolute atomic E-state index is 0.112. The molecule has 0 spiro atoms. The number of hydrogen-bond donors (Lipinski definition) is 1. The van der Waals surface area contributed by atoms with Gasteiger partial charge in [-0.1, -0.05) is 72.4 Å². The Morgan fingerprint density at radius 2 is 1.71 bits per heavy atom. The molecular weight excluding hydrogens is 396 g/mol. The summed E-state index contributed by atoms with van der Waals surface area (Å²) in [6.45, 7) is 0.319. The van der Waals surface area contributed by atoms with Crippen LogP contribution in [0.1, 0.15) is 17.2 Å². The molecule has 144 valence electrons. The lowest BCUT2D eigenvalue weighted by Crippen LogP contribution is -2.68. The zero-order valence-corrected chi connectivity index (χ0v) is 16.5. The fourth-order valence-electron chi connectivity index (χ4n) is 3.38. The fourth-order valence-corrected chi connectivity index (χ4v) is 4.93. The summed E-state index contributed by atoms with van der Waals surface area (Å²) in [4.78, 5) is 27.1. The average Bonchev–Trinajstić information content (AvgIpc) is 2.76. The number of carbonyl (C=O) groups is 2. The summed E-state index contributed by atoms with van der Waals surface area (Å²) in [5, 5.41) is -0.242. The largest absolute Gasteiger partial charge is 0.449 e. The van der Waals surface area contributed by atoms with Crippen LogP contribution in [0.2, 0.25) is 0 Å². The smallest absolute Gasteiger partial charge is 0.345 e. The summed E-state index contributed by atoms with van der Waals surface area (Å²) in [5.74, 6) is -0.395. The van der Waals surface area contributed by atoms with E-state index in [1.807, 2.05) is 60.7 Å². The van der Waals surface area contributed by atoms with Gasteiger partial charge < -0.3 is 15.4 Å². The van der Waals surface area contributed by atoms with Crippen molar-refractivity contribution < 1.29 is 14.3 Å². The maximum Gasteiger partial charge on any atom is 0.345 e. The van der Waals surface area contributed by atoms with Gasteiger partial charge in [-0.15, -0.1) is 11.6 Å². The van der Waals surface area contributed by atoms with Gasteiger partial charge in [-0.05, 0) is 16.7 Å². The third kappa shape index (κ3) is 3.43. The second kappa shape index (κ2) is 7.99. The van der Waals surface area contributed by atoms with Crippen LogP contribution < -0.4 is 5.73 Å². The number of ether oxygens (including phenoxy) is 1. The van der Waals surface area contributed by atoms with Gasteiger partial charge in [0.05, 0.1) is 4.91 Å². The SMILES string of the molecule is NC1C(=O)N2CC(CCl)=C(C(=O)OC(c3ccccc3)c3ccccc3)SC12. The Kier molecular flexibility index (Phi) is 5.44. The van der Waals surface area contributed by atoms with Crippen LogP contribution in [0.5, 0.6) is 0 Å². The fraction of sp³-hybridized carbons (Fsp3) is 0.238. The number of hydrogen-bond acceptors (Lipinski definition) is 5. The number of benzene rings is 2. The number of rotatable bonds is 5. The number of nitrogens with zero attached hydrogens (tertiary/aromatic N) is 1. The van der Waals surface area contributed by atoms with Gasteiger partial charge in [0.2, 0.25) is 5.91 Å². The van der Waals surface area contributed by atoms with Crippen molar-refractivity contribution in [3.63, 3.8) is 0 Å². The van der Waals surface area contributed by atoms with Crippen LogP contribution in [-0.4, -0.2) is 40.6 Å². The van der Waals surface area contributed by atoms with E-state index in [1.165, 1.54) is 11.8 Å². The third-order valence-corrected chi connectivity index (χ3v) is 6.68. The lowest BCUT2D eigenvalue weighted by molar-refractivity contribution is -0.145. The van der Waals surface area contributed by atoms with Crippen molar-refractivity contribution in [3.8, 4) is 0 Å². The minimum atomic E-state index is -0.594. The zero-order valence-electron chi connectivity index (χ0n) is 15.0. The molecule has 4 rings (SSSR count). The van der Waals surface area contributed by atoms with Crippen molar-refractivity contribution in [3.05, 3.63) is 82.3 Å². The van der Waals surface area contributed by atoms with Crippen molar-refractivity contribution >= 4 is 35.2 Å². The van der Waals surface area contributed by atoms with E-state index in [-0.39, 0.29) is 17.2 Å². The molecule has 2 aliphatic rings. The molecule has 2 aromatic carbocycles. The van der Waals surface area contributed by atoms with Crippen LogP contribution in [0.3, 0.4) is 0 Å². The van der Waals surface area contributed by atoms with Crippen LogP contribution in [0.15, 0.2) is 71.1 Å². The summed E-state index contributed by atoms with van der Waals surface area (Å²) >= 11 is 7.33. The normalized spacial score (nSPS) is 21.4. The Bertz CT molecular complexity index is 880. The lowest BCUT2D eigenvalue weighted by Gasteiger charge is -2.48. The van der Waals surface area contributed by atoms with E-state index in [2.05, 4.69) is 0 Å². The molecule has 0 aliphatic carbocycles. The van der Waals surface area contributed by atoms with E-state index >= 15 is 0 Å². The number of β-lactam (4-membered cyclic amide) rings is 1. The summed E-state index contributed by atoms with van der Waals surface area (Å²) in [5.41, 5.74) is 8.34. The van der Waals surface area contributed by atoms with Gasteiger partial charge in [0, 0.05) is 12.4 Å². The van der Waals surface area contributed by atoms with Crippen LogP contribution in [0.25, 0.3) is 0 Å². The van der Waals surface area contributed by atoms with Crippen molar-refractivity contribution in [2.24, 2.45) is 5.73 Å². The Hall–Kier alpha value is -2.28. The highest BCUT2D eigenvalue weighted by atomic mass is 35.5. The van der Waals surface area contributed by atoms with E-state index in [9.17, 15) is 9.59 Å². The molecular formula is C21H19ClN2O3S. The van der Waals surface area contributed by atoms with E-state index in [0.717, 1.165) is 11.1 Å². The molecule has 1 fully saturated rings. The Labute approximate surface area is 172 Å². The van der Waals surface area contributed by atoms with Crippen molar-refractivity contribution in [1.29, 1.82) is 0 Å². The molecule has 0 bridgehead atoms. The summed E-state index contributed by atoms with van der Waals surface area (Å²) in [6, 6.07) is 18.6. The van der Waals surface area contributed by atoms with Gasteiger partial charge in [-0.2, -0.15) is 0 Å². The number of alkyl halides is 1.